The van der Waals surface area contributed by atoms with Crippen LogP contribution in [0, 0.1) is 0 Å². The molecule has 0 unspecified atom stereocenters. The summed E-state index contributed by atoms with van der Waals surface area (Å²) in [5, 5.41) is 9.29. The van der Waals surface area contributed by atoms with Gasteiger partial charge in [-0.25, -0.2) is 0 Å². The van der Waals surface area contributed by atoms with Gasteiger partial charge in [-0.05, 0) is 66.7 Å². The average molecular weight is 438 g/mol. The Hall–Kier alpha value is -3.22. The summed E-state index contributed by atoms with van der Waals surface area (Å²) in [6.07, 6.45) is 0.805. The molecular formula is C23H20ClN3O2S. The topological polar surface area (TPSA) is 70.2 Å². The Morgan fingerprint density at radius 3 is 2.07 bits per heavy atom. The molecule has 5 nitrogen and oxygen atoms in total. The number of aryl methyl sites for hydroxylation is 1. The lowest BCUT2D eigenvalue weighted by Gasteiger charge is -2.11. The SMILES string of the molecule is O=C(CCc1ccccc1Cl)NC(=S)Nc1ccc(NC(=O)c2ccccc2)cc1. The zero-order valence-corrected chi connectivity index (χ0v) is 17.6. The van der Waals surface area contributed by atoms with Gasteiger partial charge < -0.3 is 16.0 Å². The fourth-order valence-electron chi connectivity index (χ4n) is 2.73. The maximum atomic E-state index is 12.2. The van der Waals surface area contributed by atoms with Crippen molar-refractivity contribution < 1.29 is 9.59 Å². The molecule has 3 rings (SSSR count). The van der Waals surface area contributed by atoms with Gasteiger partial charge in [0.05, 0.1) is 0 Å². The van der Waals surface area contributed by atoms with Gasteiger partial charge in [0.1, 0.15) is 0 Å². The number of benzene rings is 3. The molecule has 0 aliphatic carbocycles. The van der Waals surface area contributed by atoms with E-state index in [9.17, 15) is 9.59 Å². The average Bonchev–Trinajstić information content (AvgIpc) is 2.75. The fraction of sp³-hybridized carbons (Fsp3) is 0.0870. The van der Waals surface area contributed by atoms with Crippen molar-refractivity contribution in [1.82, 2.24) is 5.32 Å². The third-order valence-corrected chi connectivity index (χ3v) is 4.84. The van der Waals surface area contributed by atoms with E-state index in [-0.39, 0.29) is 23.3 Å². The summed E-state index contributed by atoms with van der Waals surface area (Å²) in [5.41, 5.74) is 2.86. The van der Waals surface area contributed by atoms with Gasteiger partial charge in [0.25, 0.3) is 5.91 Å². The van der Waals surface area contributed by atoms with Crippen LogP contribution in [0.15, 0.2) is 78.9 Å². The monoisotopic (exact) mass is 437 g/mol. The number of halogens is 1. The summed E-state index contributed by atoms with van der Waals surface area (Å²) in [6.45, 7) is 0. The number of anilines is 2. The Bertz CT molecular complexity index is 1040. The van der Waals surface area contributed by atoms with Crippen molar-refractivity contribution >= 4 is 52.1 Å². The lowest BCUT2D eigenvalue weighted by molar-refractivity contribution is -0.119. The second-order valence-electron chi connectivity index (χ2n) is 6.49. The van der Waals surface area contributed by atoms with Gasteiger partial charge in [0.2, 0.25) is 5.91 Å². The first-order chi connectivity index (χ1) is 14.5. The van der Waals surface area contributed by atoms with Crippen molar-refractivity contribution in [3.05, 3.63) is 95.0 Å². The molecule has 0 fully saturated rings. The van der Waals surface area contributed by atoms with Crippen molar-refractivity contribution in [3.63, 3.8) is 0 Å². The van der Waals surface area contributed by atoms with Crippen molar-refractivity contribution in [1.29, 1.82) is 0 Å². The van der Waals surface area contributed by atoms with Crippen LogP contribution < -0.4 is 16.0 Å². The second kappa shape index (κ2) is 10.5. The number of nitrogens with one attached hydrogen (secondary N) is 3. The zero-order valence-electron chi connectivity index (χ0n) is 16.0. The summed E-state index contributed by atoms with van der Waals surface area (Å²) in [7, 11) is 0. The van der Waals surface area contributed by atoms with Crippen molar-refractivity contribution in [2.24, 2.45) is 0 Å². The minimum Gasteiger partial charge on any atom is -0.332 e. The summed E-state index contributed by atoms with van der Waals surface area (Å²) in [4.78, 5) is 24.3. The molecule has 3 aromatic carbocycles. The summed E-state index contributed by atoms with van der Waals surface area (Å²) in [5.74, 6) is -0.378. The molecule has 0 saturated heterocycles. The minimum absolute atomic E-state index is 0.183. The van der Waals surface area contributed by atoms with E-state index >= 15 is 0 Å². The van der Waals surface area contributed by atoms with Gasteiger partial charge in [-0.1, -0.05) is 48.0 Å². The Morgan fingerprint density at radius 2 is 1.40 bits per heavy atom. The molecule has 0 radical (unpaired) electrons. The van der Waals surface area contributed by atoms with Crippen LogP contribution in [0.1, 0.15) is 22.3 Å². The number of amides is 2. The van der Waals surface area contributed by atoms with E-state index in [0.29, 0.717) is 28.4 Å². The molecule has 0 bridgehead atoms. The molecule has 0 spiro atoms. The normalized spacial score (nSPS) is 10.2. The molecular weight excluding hydrogens is 418 g/mol. The van der Waals surface area contributed by atoms with E-state index in [0.717, 1.165) is 5.56 Å². The van der Waals surface area contributed by atoms with Crippen LogP contribution in [-0.4, -0.2) is 16.9 Å². The van der Waals surface area contributed by atoms with Gasteiger partial charge in [0, 0.05) is 28.4 Å². The molecule has 2 amide bonds. The van der Waals surface area contributed by atoms with Gasteiger partial charge in [-0.15, -0.1) is 0 Å². The molecule has 0 aliphatic heterocycles. The first-order valence-electron chi connectivity index (χ1n) is 9.32. The van der Waals surface area contributed by atoms with Crippen LogP contribution in [0.3, 0.4) is 0 Å². The van der Waals surface area contributed by atoms with E-state index in [1.165, 1.54) is 0 Å². The highest BCUT2D eigenvalue weighted by molar-refractivity contribution is 7.80. The Balaban J connectivity index is 1.46. The quantitative estimate of drug-likeness (QED) is 0.472. The van der Waals surface area contributed by atoms with Crippen LogP contribution in [0.4, 0.5) is 11.4 Å². The standard InChI is InChI=1S/C23H20ClN3O2S/c24-20-9-5-4-6-16(20)10-15-21(28)27-23(30)26-19-13-11-18(12-14-19)25-22(29)17-7-2-1-3-8-17/h1-9,11-14H,10,15H2,(H,25,29)(H2,26,27,28,30). The minimum atomic E-state index is -0.195. The molecule has 0 aromatic heterocycles. The van der Waals surface area contributed by atoms with Crippen molar-refractivity contribution in [2.45, 2.75) is 12.8 Å². The van der Waals surface area contributed by atoms with Gasteiger partial charge in [-0.2, -0.15) is 0 Å². The number of hydrogen-bond donors (Lipinski definition) is 3. The predicted molar refractivity (Wildman–Crippen MR) is 125 cm³/mol. The van der Waals surface area contributed by atoms with Crippen molar-refractivity contribution in [2.75, 3.05) is 10.6 Å². The molecule has 0 aliphatic rings. The molecule has 0 saturated carbocycles. The van der Waals surface area contributed by atoms with Gasteiger partial charge >= 0.3 is 0 Å². The Kier molecular flexibility index (Phi) is 7.54. The summed E-state index contributed by atoms with van der Waals surface area (Å²) < 4.78 is 0. The zero-order chi connectivity index (χ0) is 21.3. The predicted octanol–water partition coefficient (Wildman–Crippen LogP) is 5.04. The van der Waals surface area contributed by atoms with E-state index < -0.39 is 0 Å². The van der Waals surface area contributed by atoms with Crippen LogP contribution in [0.2, 0.25) is 5.02 Å². The van der Waals surface area contributed by atoms with E-state index in [1.54, 1.807) is 42.5 Å². The highest BCUT2D eigenvalue weighted by Crippen LogP contribution is 2.17. The molecule has 7 heteroatoms. The highest BCUT2D eigenvalue weighted by Gasteiger charge is 2.08. The molecule has 30 heavy (non-hydrogen) atoms. The van der Waals surface area contributed by atoms with Crippen LogP contribution in [0.25, 0.3) is 0 Å². The third-order valence-electron chi connectivity index (χ3n) is 4.27. The van der Waals surface area contributed by atoms with E-state index in [1.807, 2.05) is 36.4 Å². The number of thiocarbonyl (C=S) groups is 1. The lowest BCUT2D eigenvalue weighted by atomic mass is 10.1. The van der Waals surface area contributed by atoms with E-state index in [2.05, 4.69) is 16.0 Å². The number of carbonyl (C=O) groups excluding carboxylic acids is 2. The lowest BCUT2D eigenvalue weighted by Crippen LogP contribution is -2.34. The fourth-order valence-corrected chi connectivity index (χ4v) is 3.19. The maximum absolute atomic E-state index is 12.2. The van der Waals surface area contributed by atoms with Crippen LogP contribution in [-0.2, 0) is 11.2 Å². The largest absolute Gasteiger partial charge is 0.332 e. The maximum Gasteiger partial charge on any atom is 0.255 e. The smallest absolute Gasteiger partial charge is 0.255 e. The first kappa shape index (κ1) is 21.5. The van der Waals surface area contributed by atoms with Crippen LogP contribution >= 0.6 is 23.8 Å². The van der Waals surface area contributed by atoms with Crippen LogP contribution in [0.5, 0.6) is 0 Å². The first-order valence-corrected chi connectivity index (χ1v) is 10.1. The van der Waals surface area contributed by atoms with Crippen molar-refractivity contribution in [3.8, 4) is 0 Å². The molecule has 0 atom stereocenters. The Morgan fingerprint density at radius 1 is 0.800 bits per heavy atom. The second-order valence-corrected chi connectivity index (χ2v) is 7.31. The van der Waals surface area contributed by atoms with Gasteiger partial charge in [0.15, 0.2) is 5.11 Å². The number of carbonyl (C=O) groups is 2. The third kappa shape index (κ3) is 6.40. The highest BCUT2D eigenvalue weighted by atomic mass is 35.5. The number of rotatable bonds is 6. The molecule has 0 heterocycles. The summed E-state index contributed by atoms with van der Waals surface area (Å²) in [6, 6.07) is 23.4. The molecule has 152 valence electrons. The molecule has 3 aromatic rings. The molecule has 3 N–H and O–H groups in total. The summed E-state index contributed by atoms with van der Waals surface area (Å²) >= 11 is 11.3. The van der Waals surface area contributed by atoms with E-state index in [4.69, 9.17) is 23.8 Å². The Labute approximate surface area is 185 Å². The van der Waals surface area contributed by atoms with Gasteiger partial charge in [-0.3, -0.25) is 9.59 Å². The number of hydrogen-bond acceptors (Lipinski definition) is 3.